The largest absolute Gasteiger partial charge is 0.391 e. The molecular formula is C10H17N3O4. The van der Waals surface area contributed by atoms with Crippen molar-refractivity contribution in [1.82, 2.24) is 10.6 Å². The third-order valence-electron chi connectivity index (χ3n) is 2.38. The van der Waals surface area contributed by atoms with E-state index in [9.17, 15) is 14.4 Å². The molecule has 0 saturated carbocycles. The van der Waals surface area contributed by atoms with E-state index in [0.29, 0.717) is 6.42 Å². The first-order valence-corrected chi connectivity index (χ1v) is 5.52. The van der Waals surface area contributed by atoms with Gasteiger partial charge in [0.2, 0.25) is 5.91 Å². The number of ether oxygens (including phenoxy) is 1. The van der Waals surface area contributed by atoms with Crippen LogP contribution in [0, 0.1) is 0 Å². The highest BCUT2D eigenvalue weighted by Crippen LogP contribution is 2.06. The maximum atomic E-state index is 11.4. The van der Waals surface area contributed by atoms with Gasteiger partial charge in [-0.2, -0.15) is 0 Å². The van der Waals surface area contributed by atoms with Crippen LogP contribution in [-0.2, 0) is 19.1 Å². The number of nitrogens with one attached hydrogen (secondary N) is 2. The number of rotatable bonds is 4. The van der Waals surface area contributed by atoms with E-state index in [1.165, 1.54) is 6.92 Å². The van der Waals surface area contributed by atoms with E-state index in [1.54, 1.807) is 0 Å². The lowest BCUT2D eigenvalue weighted by molar-refractivity contribution is -0.160. The van der Waals surface area contributed by atoms with Crippen molar-refractivity contribution in [2.45, 2.75) is 31.8 Å². The van der Waals surface area contributed by atoms with Crippen molar-refractivity contribution in [2.75, 3.05) is 13.1 Å². The van der Waals surface area contributed by atoms with Crippen LogP contribution in [0.5, 0.6) is 0 Å². The molecule has 1 saturated heterocycles. The highest BCUT2D eigenvalue weighted by molar-refractivity contribution is 5.91. The molecule has 96 valence electrons. The third-order valence-corrected chi connectivity index (χ3v) is 2.38. The van der Waals surface area contributed by atoms with E-state index in [1.807, 2.05) is 0 Å². The summed E-state index contributed by atoms with van der Waals surface area (Å²) >= 11 is 0. The third kappa shape index (κ3) is 4.49. The maximum absolute atomic E-state index is 11.4. The number of nitrogens with two attached hydrogens (primary N) is 1. The molecule has 0 radical (unpaired) electrons. The number of hydrogen-bond acceptors (Lipinski definition) is 6. The van der Waals surface area contributed by atoms with Crippen LogP contribution in [0.3, 0.4) is 0 Å². The van der Waals surface area contributed by atoms with E-state index >= 15 is 0 Å². The summed E-state index contributed by atoms with van der Waals surface area (Å²) < 4.78 is 4.57. The standard InChI is InChI=1S/C10H17N3O4/c1-6(11)9(15)13-5-8(14)17-10(16)7-3-2-4-12-7/h6-7,12H,2-5,11H2,1H3,(H,13,15)/t6?,7-/m0/s1. The van der Waals surface area contributed by atoms with E-state index in [0.717, 1.165) is 13.0 Å². The molecule has 0 aromatic rings. The van der Waals surface area contributed by atoms with Crippen molar-refractivity contribution < 1.29 is 19.1 Å². The van der Waals surface area contributed by atoms with Gasteiger partial charge in [0.1, 0.15) is 12.6 Å². The highest BCUT2D eigenvalue weighted by Gasteiger charge is 2.25. The van der Waals surface area contributed by atoms with Crippen molar-refractivity contribution in [3.63, 3.8) is 0 Å². The van der Waals surface area contributed by atoms with Gasteiger partial charge in [0, 0.05) is 0 Å². The molecule has 1 amide bonds. The van der Waals surface area contributed by atoms with Crippen LogP contribution in [-0.4, -0.2) is 43.0 Å². The molecule has 1 unspecified atom stereocenters. The molecule has 0 bridgehead atoms. The Balaban J connectivity index is 2.24. The van der Waals surface area contributed by atoms with Crippen LogP contribution < -0.4 is 16.4 Å². The second kappa shape index (κ2) is 6.31. The second-order valence-corrected chi connectivity index (χ2v) is 3.95. The van der Waals surface area contributed by atoms with Crippen molar-refractivity contribution in [3.8, 4) is 0 Å². The van der Waals surface area contributed by atoms with Gasteiger partial charge in [-0.1, -0.05) is 0 Å². The van der Waals surface area contributed by atoms with Crippen LogP contribution >= 0.6 is 0 Å². The summed E-state index contributed by atoms with van der Waals surface area (Å²) in [5.41, 5.74) is 5.28. The molecule has 0 aliphatic carbocycles. The van der Waals surface area contributed by atoms with Gasteiger partial charge in [-0.3, -0.25) is 4.79 Å². The van der Waals surface area contributed by atoms with Gasteiger partial charge in [-0.15, -0.1) is 0 Å². The van der Waals surface area contributed by atoms with Gasteiger partial charge >= 0.3 is 11.9 Å². The number of carbonyl (C=O) groups excluding carboxylic acids is 3. The van der Waals surface area contributed by atoms with Gasteiger partial charge in [0.15, 0.2) is 0 Å². The predicted molar refractivity (Wildman–Crippen MR) is 58.8 cm³/mol. The Morgan fingerprint density at radius 1 is 1.53 bits per heavy atom. The first-order valence-electron chi connectivity index (χ1n) is 5.52. The number of carbonyl (C=O) groups is 3. The van der Waals surface area contributed by atoms with Crippen LogP contribution in [0.2, 0.25) is 0 Å². The van der Waals surface area contributed by atoms with Crippen molar-refractivity contribution in [3.05, 3.63) is 0 Å². The Morgan fingerprint density at radius 2 is 2.24 bits per heavy atom. The molecule has 7 nitrogen and oxygen atoms in total. The average molecular weight is 243 g/mol. The van der Waals surface area contributed by atoms with Crippen LogP contribution in [0.15, 0.2) is 0 Å². The lowest BCUT2D eigenvalue weighted by Gasteiger charge is -2.10. The molecule has 1 fully saturated rings. The zero-order valence-electron chi connectivity index (χ0n) is 9.69. The van der Waals surface area contributed by atoms with E-state index in [-0.39, 0.29) is 6.54 Å². The average Bonchev–Trinajstić information content (AvgIpc) is 2.78. The molecule has 1 aliphatic rings. The minimum atomic E-state index is -0.780. The van der Waals surface area contributed by atoms with E-state index < -0.39 is 29.9 Å². The second-order valence-electron chi connectivity index (χ2n) is 3.95. The van der Waals surface area contributed by atoms with Crippen molar-refractivity contribution in [2.24, 2.45) is 5.73 Å². The van der Waals surface area contributed by atoms with Gasteiger partial charge in [0.25, 0.3) is 0 Å². The fraction of sp³-hybridized carbons (Fsp3) is 0.700. The summed E-state index contributed by atoms with van der Waals surface area (Å²) in [5, 5.41) is 5.18. The summed E-state index contributed by atoms with van der Waals surface area (Å²) in [5.74, 6) is -1.84. The summed E-state index contributed by atoms with van der Waals surface area (Å²) in [6, 6.07) is -1.11. The normalized spacial score (nSPS) is 20.7. The predicted octanol–water partition coefficient (Wildman–Crippen LogP) is -1.73. The van der Waals surface area contributed by atoms with Crippen LogP contribution in [0.25, 0.3) is 0 Å². The lowest BCUT2D eigenvalue weighted by Crippen LogP contribution is -2.42. The van der Waals surface area contributed by atoms with Gasteiger partial charge in [-0.05, 0) is 26.3 Å². The zero-order valence-corrected chi connectivity index (χ0v) is 9.69. The van der Waals surface area contributed by atoms with Crippen molar-refractivity contribution in [1.29, 1.82) is 0 Å². The van der Waals surface area contributed by atoms with Gasteiger partial charge in [-0.25, -0.2) is 9.59 Å². The van der Waals surface area contributed by atoms with E-state index in [4.69, 9.17) is 5.73 Å². The zero-order chi connectivity index (χ0) is 12.8. The van der Waals surface area contributed by atoms with Crippen LogP contribution in [0.4, 0.5) is 0 Å². The Bertz CT molecular complexity index is 311. The Kier molecular flexibility index (Phi) is 5.05. The summed E-state index contributed by atoms with van der Waals surface area (Å²) in [7, 11) is 0. The SMILES string of the molecule is CC(N)C(=O)NCC(=O)OC(=O)[C@@H]1CCCN1. The van der Waals surface area contributed by atoms with E-state index in [2.05, 4.69) is 15.4 Å². The Morgan fingerprint density at radius 3 is 2.76 bits per heavy atom. The summed E-state index contributed by atoms with van der Waals surface area (Å²) in [4.78, 5) is 33.7. The Labute approximate surface area is 99.1 Å². The topological polar surface area (TPSA) is 111 Å². The maximum Gasteiger partial charge on any atom is 0.333 e. The minimum Gasteiger partial charge on any atom is -0.391 e. The molecule has 0 aromatic carbocycles. The monoisotopic (exact) mass is 243 g/mol. The van der Waals surface area contributed by atoms with Crippen LogP contribution in [0.1, 0.15) is 19.8 Å². The van der Waals surface area contributed by atoms with Crippen molar-refractivity contribution >= 4 is 17.8 Å². The smallest absolute Gasteiger partial charge is 0.333 e. The fourth-order valence-corrected chi connectivity index (χ4v) is 1.43. The molecular weight excluding hydrogens is 226 g/mol. The quantitative estimate of drug-likeness (QED) is 0.400. The fourth-order valence-electron chi connectivity index (χ4n) is 1.43. The molecule has 1 aliphatic heterocycles. The number of hydrogen-bond donors (Lipinski definition) is 3. The summed E-state index contributed by atoms with van der Waals surface area (Å²) in [6.45, 7) is 1.89. The molecule has 17 heavy (non-hydrogen) atoms. The Hall–Kier alpha value is -1.47. The highest BCUT2D eigenvalue weighted by atomic mass is 16.6. The molecule has 1 heterocycles. The minimum absolute atomic E-state index is 0.348. The molecule has 0 aromatic heterocycles. The molecule has 1 rings (SSSR count). The molecule has 7 heteroatoms. The van der Waals surface area contributed by atoms with Gasteiger partial charge < -0.3 is 21.1 Å². The molecule has 0 spiro atoms. The number of esters is 2. The molecule has 2 atom stereocenters. The van der Waals surface area contributed by atoms with Gasteiger partial charge in [0.05, 0.1) is 6.04 Å². The lowest BCUT2D eigenvalue weighted by atomic mass is 10.2. The first kappa shape index (κ1) is 13.6. The number of amides is 1. The first-order chi connectivity index (χ1) is 8.00. The molecule has 4 N–H and O–H groups in total. The summed E-state index contributed by atoms with van der Waals surface area (Å²) in [6.07, 6.45) is 1.55.